The van der Waals surface area contributed by atoms with E-state index in [9.17, 15) is 24.5 Å². The Kier molecular flexibility index (Phi) is 4.56. The zero-order valence-corrected chi connectivity index (χ0v) is 13.4. The molecule has 0 bridgehead atoms. The van der Waals surface area contributed by atoms with Gasteiger partial charge in [-0.05, 0) is 18.9 Å². The topological polar surface area (TPSA) is 123 Å². The summed E-state index contributed by atoms with van der Waals surface area (Å²) >= 11 is 0.962. The van der Waals surface area contributed by atoms with Crippen molar-refractivity contribution in [1.29, 1.82) is 0 Å². The third kappa shape index (κ3) is 3.14. The average molecular weight is 353 g/mol. The van der Waals surface area contributed by atoms with E-state index in [0.717, 1.165) is 30.7 Å². The highest BCUT2D eigenvalue weighted by molar-refractivity contribution is 8.14. The first-order valence-corrected chi connectivity index (χ1v) is 8.50. The molecule has 2 heterocycles. The van der Waals surface area contributed by atoms with E-state index in [1.165, 1.54) is 11.0 Å². The van der Waals surface area contributed by atoms with Gasteiger partial charge in [0.05, 0.1) is 23.9 Å². The van der Waals surface area contributed by atoms with E-state index in [2.05, 4.69) is 5.32 Å². The molecule has 1 aliphatic carbocycles. The number of carbonyl (C=O) groups excluding carboxylic acids is 3. The molecule has 0 unspecified atom stereocenters. The molecule has 24 heavy (non-hydrogen) atoms. The maximum absolute atomic E-state index is 12.3. The van der Waals surface area contributed by atoms with Gasteiger partial charge in [-0.3, -0.25) is 29.4 Å². The van der Waals surface area contributed by atoms with E-state index >= 15 is 0 Å². The third-order valence-corrected chi connectivity index (χ3v) is 4.99. The van der Waals surface area contributed by atoms with Crippen LogP contribution in [0, 0.1) is 10.1 Å². The summed E-state index contributed by atoms with van der Waals surface area (Å²) in [4.78, 5) is 47.3. The van der Waals surface area contributed by atoms with Crippen molar-refractivity contribution in [2.45, 2.75) is 37.8 Å². The molecule has 1 aliphatic heterocycles. The number of furan rings is 1. The van der Waals surface area contributed by atoms with Crippen molar-refractivity contribution in [3.05, 3.63) is 28.0 Å². The molecule has 1 saturated heterocycles. The van der Waals surface area contributed by atoms with Crippen LogP contribution in [-0.2, 0) is 4.79 Å². The van der Waals surface area contributed by atoms with E-state index in [1.54, 1.807) is 0 Å². The molecule has 1 saturated carbocycles. The molecule has 10 heteroatoms. The first-order chi connectivity index (χ1) is 11.5. The summed E-state index contributed by atoms with van der Waals surface area (Å²) in [6.45, 7) is 0. The molecule has 9 nitrogen and oxygen atoms in total. The van der Waals surface area contributed by atoms with Crippen molar-refractivity contribution in [3.8, 4) is 0 Å². The minimum atomic E-state index is -0.723. The van der Waals surface area contributed by atoms with Gasteiger partial charge in [0.25, 0.3) is 11.1 Å². The van der Waals surface area contributed by atoms with Gasteiger partial charge in [-0.1, -0.05) is 24.6 Å². The Labute approximate surface area is 140 Å². The van der Waals surface area contributed by atoms with Crippen molar-refractivity contribution in [2.75, 3.05) is 5.75 Å². The molecule has 1 aromatic rings. The van der Waals surface area contributed by atoms with Crippen LogP contribution in [0.15, 0.2) is 16.5 Å². The van der Waals surface area contributed by atoms with Gasteiger partial charge >= 0.3 is 5.88 Å². The Bertz CT molecular complexity index is 686. The monoisotopic (exact) mass is 353 g/mol. The highest BCUT2D eigenvalue weighted by atomic mass is 32.2. The van der Waals surface area contributed by atoms with Gasteiger partial charge in [-0.15, -0.1) is 0 Å². The summed E-state index contributed by atoms with van der Waals surface area (Å²) in [5, 5.41) is 13.1. The molecule has 3 amide bonds. The minimum Gasteiger partial charge on any atom is -0.395 e. The van der Waals surface area contributed by atoms with Crippen LogP contribution in [0.25, 0.3) is 0 Å². The summed E-state index contributed by atoms with van der Waals surface area (Å²) in [6.07, 6.45) is 2.98. The molecule has 1 aromatic heterocycles. The summed E-state index contributed by atoms with van der Waals surface area (Å²) in [5.74, 6) is -1.39. The lowest BCUT2D eigenvalue weighted by molar-refractivity contribution is -0.402. The highest BCUT2D eigenvalue weighted by Crippen LogP contribution is 2.30. The molecule has 3 rings (SSSR count). The van der Waals surface area contributed by atoms with Crippen LogP contribution >= 0.6 is 11.8 Å². The average Bonchev–Trinajstić information content (AvgIpc) is 3.16. The van der Waals surface area contributed by atoms with E-state index in [-0.39, 0.29) is 34.7 Å². The Hall–Kier alpha value is -2.36. The Morgan fingerprint density at radius 1 is 1.33 bits per heavy atom. The molecular weight excluding hydrogens is 338 g/mol. The lowest BCUT2D eigenvalue weighted by Crippen LogP contribution is -2.54. The van der Waals surface area contributed by atoms with Crippen molar-refractivity contribution in [2.24, 2.45) is 0 Å². The van der Waals surface area contributed by atoms with Gasteiger partial charge < -0.3 is 9.73 Å². The minimum absolute atomic E-state index is 0.125. The van der Waals surface area contributed by atoms with Gasteiger partial charge in [0.1, 0.15) is 4.92 Å². The second-order valence-electron chi connectivity index (χ2n) is 5.65. The number of hydrogen-bond donors (Lipinski definition) is 1. The third-order valence-electron chi connectivity index (χ3n) is 4.16. The lowest BCUT2D eigenvalue weighted by Gasteiger charge is -2.36. The zero-order chi connectivity index (χ0) is 17.3. The van der Waals surface area contributed by atoms with Crippen molar-refractivity contribution in [3.63, 3.8) is 0 Å². The fourth-order valence-corrected chi connectivity index (χ4v) is 3.82. The molecule has 0 aromatic carbocycles. The summed E-state index contributed by atoms with van der Waals surface area (Å²) in [5.41, 5.74) is 0. The highest BCUT2D eigenvalue weighted by Gasteiger charge is 2.41. The van der Waals surface area contributed by atoms with Crippen LogP contribution in [0.5, 0.6) is 0 Å². The zero-order valence-electron chi connectivity index (χ0n) is 12.6. The van der Waals surface area contributed by atoms with E-state index in [0.29, 0.717) is 12.8 Å². The number of carbonyl (C=O) groups is 3. The SMILES string of the molecule is O=C(N[C@@H]1CCCC[C@H]1N1C(=O)CSC1=O)c1ccc([N+](=O)[O-])o1. The predicted molar refractivity (Wildman–Crippen MR) is 83.6 cm³/mol. The first-order valence-electron chi connectivity index (χ1n) is 7.51. The van der Waals surface area contributed by atoms with Crippen LogP contribution in [0.1, 0.15) is 36.2 Å². The number of nitro groups is 1. The smallest absolute Gasteiger partial charge is 0.395 e. The molecule has 2 fully saturated rings. The summed E-state index contributed by atoms with van der Waals surface area (Å²) in [7, 11) is 0. The van der Waals surface area contributed by atoms with Gasteiger partial charge in [0.2, 0.25) is 5.91 Å². The molecule has 0 spiro atoms. The molecule has 1 N–H and O–H groups in total. The van der Waals surface area contributed by atoms with Crippen molar-refractivity contribution < 1.29 is 23.7 Å². The van der Waals surface area contributed by atoms with Crippen LogP contribution in [-0.4, -0.2) is 44.7 Å². The van der Waals surface area contributed by atoms with Gasteiger partial charge in [0.15, 0.2) is 5.76 Å². The fourth-order valence-electron chi connectivity index (χ4n) is 3.06. The number of nitrogens with one attached hydrogen (secondary N) is 1. The lowest BCUT2D eigenvalue weighted by atomic mass is 9.89. The summed E-state index contributed by atoms with van der Waals surface area (Å²) in [6, 6.07) is 1.56. The van der Waals surface area contributed by atoms with Crippen LogP contribution in [0.2, 0.25) is 0 Å². The van der Waals surface area contributed by atoms with E-state index in [4.69, 9.17) is 4.42 Å². The number of rotatable bonds is 4. The number of nitrogens with zero attached hydrogens (tertiary/aromatic N) is 2. The molecule has 0 radical (unpaired) electrons. The second-order valence-corrected chi connectivity index (χ2v) is 6.57. The maximum atomic E-state index is 12.3. The van der Waals surface area contributed by atoms with Gasteiger partial charge in [-0.2, -0.15) is 0 Å². The number of imide groups is 1. The van der Waals surface area contributed by atoms with Crippen molar-refractivity contribution >= 4 is 34.7 Å². The van der Waals surface area contributed by atoms with Crippen LogP contribution in [0.3, 0.4) is 0 Å². The van der Waals surface area contributed by atoms with E-state index in [1.807, 2.05) is 0 Å². The molecule has 2 aliphatic rings. The molecular formula is C14H15N3O6S. The number of amides is 3. The largest absolute Gasteiger partial charge is 0.433 e. The quantitative estimate of drug-likeness (QED) is 0.648. The second kappa shape index (κ2) is 6.63. The number of thioether (sulfide) groups is 1. The predicted octanol–water partition coefficient (Wildman–Crippen LogP) is 1.92. The Morgan fingerprint density at radius 2 is 2.08 bits per heavy atom. The molecule has 2 atom stereocenters. The van der Waals surface area contributed by atoms with Crippen LogP contribution < -0.4 is 5.32 Å². The Balaban J connectivity index is 1.73. The van der Waals surface area contributed by atoms with E-state index < -0.39 is 16.7 Å². The van der Waals surface area contributed by atoms with Gasteiger partial charge in [-0.25, -0.2) is 0 Å². The maximum Gasteiger partial charge on any atom is 0.433 e. The Morgan fingerprint density at radius 3 is 2.71 bits per heavy atom. The normalized spacial score (nSPS) is 24.2. The van der Waals surface area contributed by atoms with Gasteiger partial charge in [0, 0.05) is 0 Å². The standard InChI is InChI=1S/C14H15N3O6S/c18-11-7-24-14(20)16(11)9-4-2-1-3-8(9)15-13(19)10-5-6-12(23-10)17(21)22/h5-6,8-9H,1-4,7H2,(H,15,19)/t8-,9-/m1/s1. The molecule has 128 valence electrons. The van der Waals surface area contributed by atoms with Crippen LogP contribution in [0.4, 0.5) is 10.7 Å². The fraction of sp³-hybridized carbons (Fsp3) is 0.500. The summed E-state index contributed by atoms with van der Waals surface area (Å²) < 4.78 is 4.89. The van der Waals surface area contributed by atoms with Crippen molar-refractivity contribution in [1.82, 2.24) is 10.2 Å². The number of hydrogen-bond acceptors (Lipinski definition) is 7. The first kappa shape index (κ1) is 16.5.